The second kappa shape index (κ2) is 5.70. The minimum absolute atomic E-state index is 0.0293. The lowest BCUT2D eigenvalue weighted by molar-refractivity contribution is -0.120. The van der Waals surface area contributed by atoms with E-state index in [1.807, 2.05) is 4.72 Å². The van der Waals surface area contributed by atoms with Gasteiger partial charge in [0.2, 0.25) is 5.91 Å². The molecule has 22 heavy (non-hydrogen) atoms. The summed E-state index contributed by atoms with van der Waals surface area (Å²) in [5.41, 5.74) is 0. The topological polar surface area (TPSA) is 95.9 Å². The third-order valence-corrected chi connectivity index (χ3v) is 6.67. The van der Waals surface area contributed by atoms with Crippen LogP contribution < -0.4 is 4.72 Å². The molecule has 1 amide bonds. The number of hydrogen-bond acceptors (Lipinski definition) is 5. The molecule has 3 aliphatic rings. The number of nitrogens with zero attached hydrogens (tertiary/aromatic N) is 1. The van der Waals surface area contributed by atoms with Crippen LogP contribution in [-0.2, 0) is 19.7 Å². The highest BCUT2D eigenvalue weighted by molar-refractivity contribution is 7.88. The molecule has 0 spiro atoms. The average Bonchev–Trinajstić information content (AvgIpc) is 2.71. The van der Waals surface area contributed by atoms with E-state index >= 15 is 4.39 Å². The summed E-state index contributed by atoms with van der Waals surface area (Å²) >= 11 is 0. The number of carbonyl (C=O) groups excluding carboxylic acids is 1. The molecule has 0 aromatic heterocycles. The van der Waals surface area contributed by atoms with Gasteiger partial charge in [0.05, 0.1) is 24.8 Å². The summed E-state index contributed by atoms with van der Waals surface area (Å²) in [6, 6.07) is -1.21. The number of methoxy groups -OCH3 is 1. The van der Waals surface area contributed by atoms with Gasteiger partial charge in [-0.2, -0.15) is 12.7 Å². The summed E-state index contributed by atoms with van der Waals surface area (Å²) < 4.78 is 46.8. The van der Waals surface area contributed by atoms with Crippen molar-refractivity contribution in [2.24, 2.45) is 11.8 Å². The number of aliphatic hydroxyl groups is 1. The van der Waals surface area contributed by atoms with E-state index < -0.39 is 41.0 Å². The van der Waals surface area contributed by atoms with Crippen LogP contribution in [0.3, 0.4) is 0 Å². The lowest BCUT2D eigenvalue weighted by Gasteiger charge is -2.47. The molecule has 1 saturated heterocycles. The van der Waals surface area contributed by atoms with Crippen molar-refractivity contribution in [2.75, 3.05) is 13.7 Å². The molecular weight excluding hydrogens is 315 g/mol. The van der Waals surface area contributed by atoms with Gasteiger partial charge in [-0.25, -0.2) is 9.11 Å². The van der Waals surface area contributed by atoms with Gasteiger partial charge in [-0.05, 0) is 37.5 Å². The van der Waals surface area contributed by atoms with Gasteiger partial charge in [-0.3, -0.25) is 4.79 Å². The van der Waals surface area contributed by atoms with Gasteiger partial charge in [0.1, 0.15) is 6.17 Å². The van der Waals surface area contributed by atoms with E-state index in [4.69, 9.17) is 4.74 Å². The number of aliphatic hydroxyl groups excluding tert-OH is 1. The number of amides is 1. The molecule has 0 bridgehead atoms. The van der Waals surface area contributed by atoms with Crippen molar-refractivity contribution < 1.29 is 27.4 Å². The number of halogens is 1. The maximum absolute atomic E-state index is 15.0. The maximum atomic E-state index is 15.0. The maximum Gasteiger partial charge on any atom is 0.304 e. The number of nitrogens with one attached hydrogen (secondary N) is 1. The molecular formula is C13H21FN2O5S. The van der Waals surface area contributed by atoms with Crippen LogP contribution in [0.1, 0.15) is 25.7 Å². The summed E-state index contributed by atoms with van der Waals surface area (Å²) in [5, 5.41) is 10.3. The zero-order valence-corrected chi connectivity index (χ0v) is 13.1. The van der Waals surface area contributed by atoms with Gasteiger partial charge in [0.15, 0.2) is 0 Å². The van der Waals surface area contributed by atoms with E-state index in [1.54, 1.807) is 7.11 Å². The van der Waals surface area contributed by atoms with Gasteiger partial charge in [-0.1, -0.05) is 0 Å². The van der Waals surface area contributed by atoms with Crippen molar-refractivity contribution in [2.45, 2.75) is 50.1 Å². The van der Waals surface area contributed by atoms with Crippen LogP contribution in [-0.4, -0.2) is 61.8 Å². The van der Waals surface area contributed by atoms with E-state index in [0.717, 1.165) is 17.1 Å². The highest BCUT2D eigenvalue weighted by Gasteiger charge is 2.53. The first kappa shape index (κ1) is 16.1. The summed E-state index contributed by atoms with van der Waals surface area (Å²) in [5.74, 6) is -1.01. The number of alkyl halides is 1. The standard InChI is InChI=1S/C13H21FN2O5S/c1-21-8-3-2-7-4-10(17)13(12(14)9(7)5-8)16-6-11(18)15-22(16,19)20/h7-10,12-13,17H,2-6H2,1H3,(H,15,18)/t7?,8-,9?,10?,12?,13?/m1/s1. The first-order valence-electron chi connectivity index (χ1n) is 7.51. The summed E-state index contributed by atoms with van der Waals surface area (Å²) in [4.78, 5) is 11.4. The number of carbonyl (C=O) groups is 1. The van der Waals surface area contributed by atoms with Gasteiger partial charge in [0, 0.05) is 7.11 Å². The second-order valence-electron chi connectivity index (χ2n) is 6.41. The molecule has 3 rings (SSSR count). The molecule has 0 aromatic rings. The molecule has 2 N–H and O–H groups in total. The quantitative estimate of drug-likeness (QED) is 0.713. The Morgan fingerprint density at radius 1 is 1.36 bits per heavy atom. The molecule has 5 unspecified atom stereocenters. The molecule has 0 radical (unpaired) electrons. The summed E-state index contributed by atoms with van der Waals surface area (Å²) in [6.07, 6.45) is -0.189. The summed E-state index contributed by atoms with van der Waals surface area (Å²) in [7, 11) is -2.47. The van der Waals surface area contributed by atoms with Crippen LogP contribution in [0.2, 0.25) is 0 Å². The first-order chi connectivity index (χ1) is 10.3. The lowest BCUT2D eigenvalue weighted by Crippen LogP contribution is -2.59. The molecule has 1 heterocycles. The van der Waals surface area contributed by atoms with E-state index in [0.29, 0.717) is 12.8 Å². The van der Waals surface area contributed by atoms with Crippen LogP contribution >= 0.6 is 0 Å². The van der Waals surface area contributed by atoms with Crippen LogP contribution in [0.5, 0.6) is 0 Å². The second-order valence-corrected chi connectivity index (χ2v) is 8.03. The molecule has 2 saturated carbocycles. The monoisotopic (exact) mass is 336 g/mol. The zero-order valence-electron chi connectivity index (χ0n) is 12.3. The SMILES string of the molecule is CO[C@@H]1CCC2CC(O)C(N3CC(=O)NS3(=O)=O)C(F)C2C1. The minimum atomic E-state index is -4.06. The largest absolute Gasteiger partial charge is 0.391 e. The van der Waals surface area contributed by atoms with Crippen molar-refractivity contribution in [3.05, 3.63) is 0 Å². The number of fused-ring (bicyclic) bond motifs is 1. The molecule has 0 aromatic carbocycles. The molecule has 1 aliphatic heterocycles. The lowest BCUT2D eigenvalue weighted by atomic mass is 9.66. The molecule has 9 heteroatoms. The Morgan fingerprint density at radius 2 is 2.09 bits per heavy atom. The van der Waals surface area contributed by atoms with Crippen molar-refractivity contribution >= 4 is 16.1 Å². The molecule has 126 valence electrons. The first-order valence-corrected chi connectivity index (χ1v) is 8.95. The number of ether oxygens (including phenoxy) is 1. The summed E-state index contributed by atoms with van der Waals surface area (Å²) in [6.45, 7) is -0.435. The van der Waals surface area contributed by atoms with E-state index in [1.165, 1.54) is 0 Å². The smallest absolute Gasteiger partial charge is 0.304 e. The van der Waals surface area contributed by atoms with Gasteiger partial charge < -0.3 is 9.84 Å². The predicted octanol–water partition coefficient (Wildman–Crippen LogP) is -0.434. The van der Waals surface area contributed by atoms with E-state index in [2.05, 4.69) is 0 Å². The molecule has 3 fully saturated rings. The third-order valence-electron chi connectivity index (χ3n) is 5.19. The Kier molecular flexibility index (Phi) is 4.17. The minimum Gasteiger partial charge on any atom is -0.391 e. The van der Waals surface area contributed by atoms with Gasteiger partial charge in [0.25, 0.3) is 0 Å². The Morgan fingerprint density at radius 3 is 2.68 bits per heavy atom. The predicted molar refractivity (Wildman–Crippen MR) is 74.7 cm³/mol. The zero-order chi connectivity index (χ0) is 16.1. The van der Waals surface area contributed by atoms with Crippen LogP contribution in [0.15, 0.2) is 0 Å². The van der Waals surface area contributed by atoms with E-state index in [-0.39, 0.29) is 17.9 Å². The Hall–Kier alpha value is -0.770. The fourth-order valence-corrected chi connectivity index (χ4v) is 5.45. The van der Waals surface area contributed by atoms with Crippen molar-refractivity contribution in [1.29, 1.82) is 0 Å². The highest BCUT2D eigenvalue weighted by atomic mass is 32.2. The number of hydrogen-bond donors (Lipinski definition) is 2. The average molecular weight is 336 g/mol. The van der Waals surface area contributed by atoms with Crippen LogP contribution in [0.4, 0.5) is 4.39 Å². The Bertz CT molecular complexity index is 557. The van der Waals surface area contributed by atoms with Crippen LogP contribution in [0, 0.1) is 11.8 Å². The van der Waals surface area contributed by atoms with Crippen molar-refractivity contribution in [3.8, 4) is 0 Å². The highest BCUT2D eigenvalue weighted by Crippen LogP contribution is 2.44. The van der Waals surface area contributed by atoms with E-state index in [9.17, 15) is 18.3 Å². The van der Waals surface area contributed by atoms with Gasteiger partial charge in [-0.15, -0.1) is 0 Å². The van der Waals surface area contributed by atoms with Gasteiger partial charge >= 0.3 is 10.2 Å². The van der Waals surface area contributed by atoms with Crippen molar-refractivity contribution in [3.63, 3.8) is 0 Å². The third kappa shape index (κ3) is 2.64. The Balaban J connectivity index is 1.84. The fraction of sp³-hybridized carbons (Fsp3) is 0.923. The molecule has 7 nitrogen and oxygen atoms in total. The molecule has 6 atom stereocenters. The molecule has 2 aliphatic carbocycles. The fourth-order valence-electron chi connectivity index (χ4n) is 4.12. The normalized spacial score (nSPS) is 45.3. The van der Waals surface area contributed by atoms with Crippen molar-refractivity contribution in [1.82, 2.24) is 9.03 Å². The Labute approximate surface area is 129 Å². The van der Waals surface area contributed by atoms with Crippen LogP contribution in [0.25, 0.3) is 0 Å². The number of rotatable bonds is 2.